The number of likely N-dealkylation sites (tertiary alicyclic amines) is 1. The fraction of sp³-hybridized carbons (Fsp3) is 0.562. The lowest BCUT2D eigenvalue weighted by atomic mass is 10.0. The molecule has 0 spiro atoms. The zero-order valence-corrected chi connectivity index (χ0v) is 14.9. The summed E-state index contributed by atoms with van der Waals surface area (Å²) in [5.74, 6) is 2.47. The van der Waals surface area contributed by atoms with Crippen LogP contribution < -0.4 is 10.1 Å². The number of nitrogens with zero attached hydrogens (tertiary/aromatic N) is 1. The Morgan fingerprint density at radius 2 is 2.05 bits per heavy atom. The van der Waals surface area contributed by atoms with Crippen molar-refractivity contribution in [1.82, 2.24) is 10.2 Å². The predicted octanol–water partition coefficient (Wildman–Crippen LogP) is 2.71. The Morgan fingerprint density at radius 3 is 2.73 bits per heavy atom. The molecule has 1 aromatic carbocycles. The van der Waals surface area contributed by atoms with Crippen LogP contribution in [0.25, 0.3) is 0 Å². The van der Waals surface area contributed by atoms with Gasteiger partial charge >= 0.3 is 0 Å². The van der Waals surface area contributed by atoms with Crippen LogP contribution in [-0.2, 0) is 4.79 Å². The largest absolute Gasteiger partial charge is 0.494 e. The molecule has 0 radical (unpaired) electrons. The van der Waals surface area contributed by atoms with Crippen molar-refractivity contribution in [1.29, 1.82) is 0 Å². The quantitative estimate of drug-likeness (QED) is 0.787. The SMILES string of the molecule is Cl.O=C(CCCOc1cccc(Br)c1)N1C[C@H]2CNC[C@H]2C1. The summed E-state index contributed by atoms with van der Waals surface area (Å²) < 4.78 is 6.67. The van der Waals surface area contributed by atoms with Crippen molar-refractivity contribution in [2.45, 2.75) is 12.8 Å². The zero-order chi connectivity index (χ0) is 14.7. The molecule has 1 N–H and O–H groups in total. The van der Waals surface area contributed by atoms with Crippen LogP contribution in [0.2, 0.25) is 0 Å². The van der Waals surface area contributed by atoms with Gasteiger partial charge in [0.15, 0.2) is 0 Å². The van der Waals surface area contributed by atoms with Crippen LogP contribution in [0.3, 0.4) is 0 Å². The van der Waals surface area contributed by atoms with Crippen molar-refractivity contribution in [2.24, 2.45) is 11.8 Å². The summed E-state index contributed by atoms with van der Waals surface area (Å²) in [5.41, 5.74) is 0. The fourth-order valence-electron chi connectivity index (χ4n) is 3.19. The molecule has 0 bridgehead atoms. The van der Waals surface area contributed by atoms with E-state index in [4.69, 9.17) is 4.74 Å². The molecule has 4 nitrogen and oxygen atoms in total. The highest BCUT2D eigenvalue weighted by Gasteiger charge is 2.37. The van der Waals surface area contributed by atoms with E-state index in [-0.39, 0.29) is 18.3 Å². The van der Waals surface area contributed by atoms with E-state index in [0.717, 1.165) is 42.8 Å². The minimum Gasteiger partial charge on any atom is -0.494 e. The van der Waals surface area contributed by atoms with Crippen LogP contribution in [0.4, 0.5) is 0 Å². The molecule has 2 fully saturated rings. The lowest BCUT2D eigenvalue weighted by Gasteiger charge is -2.17. The molecule has 0 saturated carbocycles. The maximum Gasteiger partial charge on any atom is 0.222 e. The molecule has 2 aliphatic heterocycles. The third-order valence-electron chi connectivity index (χ3n) is 4.34. The second-order valence-corrected chi connectivity index (χ2v) is 6.80. The predicted molar refractivity (Wildman–Crippen MR) is 92.5 cm³/mol. The molecule has 1 amide bonds. The number of rotatable bonds is 5. The Labute approximate surface area is 146 Å². The Kier molecular flexibility index (Phi) is 6.53. The molecule has 2 atom stereocenters. The molecule has 122 valence electrons. The van der Waals surface area contributed by atoms with Crippen LogP contribution in [0.5, 0.6) is 5.75 Å². The van der Waals surface area contributed by atoms with Crippen molar-refractivity contribution in [2.75, 3.05) is 32.8 Å². The molecule has 2 aliphatic rings. The van der Waals surface area contributed by atoms with Gasteiger partial charge in [-0.2, -0.15) is 0 Å². The van der Waals surface area contributed by atoms with Crippen molar-refractivity contribution in [3.63, 3.8) is 0 Å². The number of carbonyl (C=O) groups excluding carboxylic acids is 1. The molecule has 22 heavy (non-hydrogen) atoms. The van der Waals surface area contributed by atoms with E-state index >= 15 is 0 Å². The van der Waals surface area contributed by atoms with Gasteiger partial charge in [0, 0.05) is 37.1 Å². The van der Waals surface area contributed by atoms with Gasteiger partial charge in [0.1, 0.15) is 5.75 Å². The van der Waals surface area contributed by atoms with Gasteiger partial charge in [-0.05, 0) is 36.5 Å². The van der Waals surface area contributed by atoms with Crippen molar-refractivity contribution < 1.29 is 9.53 Å². The van der Waals surface area contributed by atoms with Crippen molar-refractivity contribution in [3.8, 4) is 5.75 Å². The number of carbonyl (C=O) groups is 1. The van der Waals surface area contributed by atoms with E-state index in [2.05, 4.69) is 21.2 Å². The normalized spacial score (nSPS) is 23.0. The molecular formula is C16H22BrClN2O2. The number of ether oxygens (including phenoxy) is 1. The molecule has 1 aromatic rings. The molecule has 6 heteroatoms. The number of halogens is 2. The van der Waals surface area contributed by atoms with Gasteiger partial charge in [0.2, 0.25) is 5.91 Å². The van der Waals surface area contributed by atoms with Gasteiger partial charge in [0.25, 0.3) is 0 Å². The molecule has 2 saturated heterocycles. The van der Waals surface area contributed by atoms with E-state index in [1.165, 1.54) is 0 Å². The van der Waals surface area contributed by atoms with E-state index in [1.807, 2.05) is 29.2 Å². The summed E-state index contributed by atoms with van der Waals surface area (Å²) in [4.78, 5) is 14.2. The van der Waals surface area contributed by atoms with E-state index in [9.17, 15) is 4.79 Å². The van der Waals surface area contributed by atoms with Gasteiger partial charge in [-0.3, -0.25) is 4.79 Å². The Hall–Kier alpha value is -0.780. The van der Waals surface area contributed by atoms with Crippen LogP contribution in [-0.4, -0.2) is 43.6 Å². The van der Waals surface area contributed by atoms with E-state index in [1.54, 1.807) is 0 Å². The van der Waals surface area contributed by atoms with E-state index in [0.29, 0.717) is 24.9 Å². The molecule has 3 rings (SSSR count). The average molecular weight is 390 g/mol. The first kappa shape index (κ1) is 17.6. The maximum atomic E-state index is 12.2. The Bertz CT molecular complexity index is 503. The number of amides is 1. The van der Waals surface area contributed by atoms with Gasteiger partial charge in [-0.15, -0.1) is 12.4 Å². The molecule has 2 heterocycles. The maximum absolute atomic E-state index is 12.2. The van der Waals surface area contributed by atoms with Gasteiger partial charge in [0.05, 0.1) is 6.61 Å². The average Bonchev–Trinajstić information content (AvgIpc) is 3.04. The Balaban J connectivity index is 0.00000176. The Morgan fingerprint density at radius 1 is 1.32 bits per heavy atom. The number of nitrogens with one attached hydrogen (secondary N) is 1. The van der Waals surface area contributed by atoms with Gasteiger partial charge in [-0.25, -0.2) is 0 Å². The molecular weight excluding hydrogens is 368 g/mol. The van der Waals surface area contributed by atoms with Crippen LogP contribution >= 0.6 is 28.3 Å². The summed E-state index contributed by atoms with van der Waals surface area (Å²) in [6.07, 6.45) is 1.36. The van der Waals surface area contributed by atoms with Crippen LogP contribution in [0.15, 0.2) is 28.7 Å². The van der Waals surface area contributed by atoms with Gasteiger partial charge < -0.3 is 15.0 Å². The fourth-order valence-corrected chi connectivity index (χ4v) is 3.57. The lowest BCUT2D eigenvalue weighted by Crippen LogP contribution is -2.31. The summed E-state index contributed by atoms with van der Waals surface area (Å²) in [6.45, 7) is 4.59. The number of benzene rings is 1. The summed E-state index contributed by atoms with van der Waals surface area (Å²) in [5, 5.41) is 3.40. The first-order chi connectivity index (χ1) is 10.2. The minimum atomic E-state index is 0. The standard InChI is InChI=1S/C16H21BrN2O2.ClH/c17-14-3-1-4-15(7-14)21-6-2-5-16(20)19-10-12-8-18-9-13(12)11-19;/h1,3-4,7,12-13,18H,2,5-6,8-11H2;1H/t12-,13+;. The van der Waals surface area contributed by atoms with Crippen LogP contribution in [0.1, 0.15) is 12.8 Å². The zero-order valence-electron chi connectivity index (χ0n) is 12.5. The highest BCUT2D eigenvalue weighted by molar-refractivity contribution is 9.10. The first-order valence-electron chi connectivity index (χ1n) is 7.59. The first-order valence-corrected chi connectivity index (χ1v) is 8.38. The van der Waals surface area contributed by atoms with Crippen LogP contribution in [0, 0.1) is 11.8 Å². The second kappa shape index (κ2) is 8.18. The monoisotopic (exact) mass is 388 g/mol. The highest BCUT2D eigenvalue weighted by atomic mass is 79.9. The summed E-state index contributed by atoms with van der Waals surface area (Å²) in [6, 6.07) is 7.79. The molecule has 0 aromatic heterocycles. The summed E-state index contributed by atoms with van der Waals surface area (Å²) >= 11 is 3.42. The molecule has 0 aliphatic carbocycles. The van der Waals surface area contributed by atoms with E-state index < -0.39 is 0 Å². The molecule has 0 unspecified atom stereocenters. The van der Waals surface area contributed by atoms with Gasteiger partial charge in [-0.1, -0.05) is 22.0 Å². The van der Waals surface area contributed by atoms with Crippen molar-refractivity contribution >= 4 is 34.2 Å². The third kappa shape index (κ3) is 4.37. The number of hydrogen-bond donors (Lipinski definition) is 1. The lowest BCUT2D eigenvalue weighted by molar-refractivity contribution is -0.130. The third-order valence-corrected chi connectivity index (χ3v) is 4.84. The highest BCUT2D eigenvalue weighted by Crippen LogP contribution is 2.26. The number of hydrogen-bond acceptors (Lipinski definition) is 3. The smallest absolute Gasteiger partial charge is 0.222 e. The second-order valence-electron chi connectivity index (χ2n) is 5.89. The minimum absolute atomic E-state index is 0. The van der Waals surface area contributed by atoms with Crippen molar-refractivity contribution in [3.05, 3.63) is 28.7 Å². The number of fused-ring (bicyclic) bond motifs is 1. The topological polar surface area (TPSA) is 41.6 Å². The summed E-state index contributed by atoms with van der Waals surface area (Å²) in [7, 11) is 0.